The van der Waals surface area contributed by atoms with Crippen molar-refractivity contribution in [2.24, 2.45) is 0 Å². The molecule has 6 heteroatoms. The van der Waals surface area contributed by atoms with Crippen molar-refractivity contribution < 1.29 is 9.18 Å². The first-order valence-electron chi connectivity index (χ1n) is 8.57. The minimum atomic E-state index is -0.338. The third kappa shape index (κ3) is 3.91. The average Bonchev–Trinajstić information content (AvgIpc) is 2.68. The molecular formula is C21H17FN4O. The number of rotatable bonds is 5. The van der Waals surface area contributed by atoms with Gasteiger partial charge in [-0.25, -0.2) is 4.39 Å². The fourth-order valence-corrected chi connectivity index (χ4v) is 2.93. The molecule has 134 valence electrons. The van der Waals surface area contributed by atoms with E-state index in [0.717, 1.165) is 21.9 Å². The number of hydrogen-bond acceptors (Lipinski definition) is 4. The van der Waals surface area contributed by atoms with Crippen LogP contribution < -0.4 is 10.6 Å². The standard InChI is InChI=1S/C21H17FN4O/c22-18-6-3-5-16-8-14(11-25-21(16)18)10-23-13-20(27)26-17-9-15-4-1-2-7-19(15)24-12-17/h1-9,11-12,23H,10,13H2,(H,26,27). The lowest BCUT2D eigenvalue weighted by atomic mass is 10.1. The van der Waals surface area contributed by atoms with Gasteiger partial charge < -0.3 is 10.6 Å². The minimum Gasteiger partial charge on any atom is -0.324 e. The molecule has 2 aromatic heterocycles. The number of fused-ring (bicyclic) bond motifs is 2. The summed E-state index contributed by atoms with van der Waals surface area (Å²) in [5.74, 6) is -0.498. The lowest BCUT2D eigenvalue weighted by Gasteiger charge is -2.08. The highest BCUT2D eigenvalue weighted by atomic mass is 19.1. The molecule has 0 aliphatic rings. The summed E-state index contributed by atoms with van der Waals surface area (Å²) in [5.41, 5.74) is 2.77. The fraction of sp³-hybridized carbons (Fsp3) is 0.0952. The average molecular weight is 360 g/mol. The quantitative estimate of drug-likeness (QED) is 0.570. The van der Waals surface area contributed by atoms with Crippen molar-refractivity contribution >= 4 is 33.4 Å². The molecule has 4 rings (SSSR count). The molecule has 4 aromatic rings. The summed E-state index contributed by atoms with van der Waals surface area (Å²) < 4.78 is 13.6. The van der Waals surface area contributed by atoms with E-state index in [0.29, 0.717) is 17.7 Å². The Morgan fingerprint density at radius 1 is 0.963 bits per heavy atom. The van der Waals surface area contributed by atoms with Crippen LogP contribution in [0.3, 0.4) is 0 Å². The van der Waals surface area contributed by atoms with E-state index >= 15 is 0 Å². The first-order valence-corrected chi connectivity index (χ1v) is 8.57. The third-order valence-corrected chi connectivity index (χ3v) is 4.21. The van der Waals surface area contributed by atoms with Crippen molar-refractivity contribution in [2.75, 3.05) is 11.9 Å². The zero-order chi connectivity index (χ0) is 18.6. The van der Waals surface area contributed by atoms with Gasteiger partial charge in [0.25, 0.3) is 0 Å². The lowest BCUT2D eigenvalue weighted by molar-refractivity contribution is -0.115. The lowest BCUT2D eigenvalue weighted by Crippen LogP contribution is -2.27. The first-order chi connectivity index (χ1) is 13.2. The first kappa shape index (κ1) is 17.1. The van der Waals surface area contributed by atoms with Gasteiger partial charge in [0.05, 0.1) is 23.9 Å². The maximum Gasteiger partial charge on any atom is 0.238 e. The van der Waals surface area contributed by atoms with Crippen LogP contribution in [0.1, 0.15) is 5.56 Å². The Bertz CT molecular complexity index is 1130. The van der Waals surface area contributed by atoms with Crippen LogP contribution in [0.4, 0.5) is 10.1 Å². The molecule has 0 atom stereocenters. The van der Waals surface area contributed by atoms with Gasteiger partial charge in [-0.1, -0.05) is 30.3 Å². The van der Waals surface area contributed by atoms with Gasteiger partial charge in [0, 0.05) is 23.5 Å². The van der Waals surface area contributed by atoms with E-state index in [9.17, 15) is 9.18 Å². The molecular weight excluding hydrogens is 343 g/mol. The van der Waals surface area contributed by atoms with E-state index in [1.54, 1.807) is 18.5 Å². The molecule has 0 fully saturated rings. The van der Waals surface area contributed by atoms with Crippen LogP contribution in [-0.4, -0.2) is 22.4 Å². The highest BCUT2D eigenvalue weighted by Crippen LogP contribution is 2.17. The number of para-hydroxylation sites is 2. The summed E-state index contributed by atoms with van der Waals surface area (Å²) in [4.78, 5) is 20.6. The topological polar surface area (TPSA) is 66.9 Å². The van der Waals surface area contributed by atoms with Gasteiger partial charge in [-0.15, -0.1) is 0 Å². The second-order valence-electron chi connectivity index (χ2n) is 6.22. The van der Waals surface area contributed by atoms with Crippen molar-refractivity contribution in [2.45, 2.75) is 6.54 Å². The predicted molar refractivity (Wildman–Crippen MR) is 104 cm³/mol. The molecule has 0 unspecified atom stereocenters. The van der Waals surface area contributed by atoms with E-state index < -0.39 is 0 Å². The van der Waals surface area contributed by atoms with Gasteiger partial charge >= 0.3 is 0 Å². The molecule has 2 N–H and O–H groups in total. The van der Waals surface area contributed by atoms with Crippen molar-refractivity contribution in [3.63, 3.8) is 0 Å². The number of carbonyl (C=O) groups excluding carboxylic acids is 1. The molecule has 0 saturated carbocycles. The van der Waals surface area contributed by atoms with E-state index in [1.165, 1.54) is 6.07 Å². The van der Waals surface area contributed by atoms with E-state index in [-0.39, 0.29) is 18.3 Å². The van der Waals surface area contributed by atoms with Gasteiger partial charge in [0.15, 0.2) is 0 Å². The number of aromatic nitrogens is 2. The molecule has 0 radical (unpaired) electrons. The maximum absolute atomic E-state index is 13.6. The Morgan fingerprint density at radius 3 is 2.74 bits per heavy atom. The highest BCUT2D eigenvalue weighted by molar-refractivity contribution is 5.94. The van der Waals surface area contributed by atoms with Crippen LogP contribution in [0, 0.1) is 5.82 Å². The monoisotopic (exact) mass is 360 g/mol. The minimum absolute atomic E-state index is 0.147. The Labute approximate surface area is 155 Å². The molecule has 27 heavy (non-hydrogen) atoms. The molecule has 2 aromatic carbocycles. The van der Waals surface area contributed by atoms with Gasteiger partial charge in [-0.05, 0) is 29.8 Å². The largest absolute Gasteiger partial charge is 0.324 e. The molecule has 0 bridgehead atoms. The van der Waals surface area contributed by atoms with Gasteiger partial charge in [0.1, 0.15) is 11.3 Å². The third-order valence-electron chi connectivity index (χ3n) is 4.21. The number of benzene rings is 2. The maximum atomic E-state index is 13.6. The molecule has 2 heterocycles. The van der Waals surface area contributed by atoms with Crippen LogP contribution in [0.2, 0.25) is 0 Å². The SMILES string of the molecule is O=C(CNCc1cnc2c(F)cccc2c1)Nc1cnc2ccccc2c1. The van der Waals surface area contributed by atoms with Crippen LogP contribution in [0.5, 0.6) is 0 Å². The number of nitrogens with one attached hydrogen (secondary N) is 2. The predicted octanol–water partition coefficient (Wildman–Crippen LogP) is 3.65. The second kappa shape index (κ2) is 7.47. The number of carbonyl (C=O) groups is 1. The normalized spacial score (nSPS) is 11.0. The highest BCUT2D eigenvalue weighted by Gasteiger charge is 2.06. The fourth-order valence-electron chi connectivity index (χ4n) is 2.93. The summed E-state index contributed by atoms with van der Waals surface area (Å²) >= 11 is 0. The van der Waals surface area contributed by atoms with Gasteiger partial charge in [-0.3, -0.25) is 14.8 Å². The zero-order valence-corrected chi connectivity index (χ0v) is 14.4. The number of anilines is 1. The smallest absolute Gasteiger partial charge is 0.238 e. The number of amides is 1. The molecule has 0 aliphatic carbocycles. The molecule has 0 saturated heterocycles. The molecule has 1 amide bonds. The summed E-state index contributed by atoms with van der Waals surface area (Å²) in [5, 5.41) is 7.61. The van der Waals surface area contributed by atoms with Crippen molar-refractivity contribution in [1.82, 2.24) is 15.3 Å². The summed E-state index contributed by atoms with van der Waals surface area (Å²) in [7, 11) is 0. The van der Waals surface area contributed by atoms with Crippen molar-refractivity contribution in [3.05, 3.63) is 78.4 Å². The number of halogens is 1. The Balaban J connectivity index is 1.35. The van der Waals surface area contributed by atoms with Gasteiger partial charge in [0.2, 0.25) is 5.91 Å². The second-order valence-corrected chi connectivity index (χ2v) is 6.22. The van der Waals surface area contributed by atoms with E-state index in [1.807, 2.05) is 42.5 Å². The van der Waals surface area contributed by atoms with Gasteiger partial charge in [-0.2, -0.15) is 0 Å². The van der Waals surface area contributed by atoms with Crippen LogP contribution in [-0.2, 0) is 11.3 Å². The Kier molecular flexibility index (Phi) is 4.72. The summed E-state index contributed by atoms with van der Waals surface area (Å²) in [6.07, 6.45) is 3.26. The van der Waals surface area contributed by atoms with E-state index in [4.69, 9.17) is 0 Å². The molecule has 5 nitrogen and oxygen atoms in total. The summed E-state index contributed by atoms with van der Waals surface area (Å²) in [6, 6.07) is 16.3. The Hall–Kier alpha value is -3.38. The van der Waals surface area contributed by atoms with Crippen LogP contribution >= 0.6 is 0 Å². The molecule has 0 spiro atoms. The number of nitrogens with zero attached hydrogens (tertiary/aromatic N) is 2. The zero-order valence-electron chi connectivity index (χ0n) is 14.4. The van der Waals surface area contributed by atoms with Crippen LogP contribution in [0.25, 0.3) is 21.8 Å². The van der Waals surface area contributed by atoms with Crippen LogP contribution in [0.15, 0.2) is 67.0 Å². The number of hydrogen-bond donors (Lipinski definition) is 2. The summed E-state index contributed by atoms with van der Waals surface area (Å²) in [6.45, 7) is 0.608. The van der Waals surface area contributed by atoms with E-state index in [2.05, 4.69) is 20.6 Å². The van der Waals surface area contributed by atoms with Crippen molar-refractivity contribution in [3.8, 4) is 0 Å². The number of pyridine rings is 2. The molecule has 0 aliphatic heterocycles. The van der Waals surface area contributed by atoms with Crippen molar-refractivity contribution in [1.29, 1.82) is 0 Å². The Morgan fingerprint density at radius 2 is 1.81 bits per heavy atom.